The quantitative estimate of drug-likeness (QED) is 0.361. The standard InChI is InChI=1S/C27H45N5O7S/c1-26(2,3)38-23(34)17-32(40(7,36)37)21-10-8-19(9-11-21)22-16-31(24(29-22)28-18-33)20-12-14-30(15-13-20)25(35)39-27(4,5)6/h16,18-21H,8-15,17H2,1-7H3,(H,28,29,33)/t19-,21-. The number of nitrogens with zero attached hydrogens (tertiary/aromatic N) is 4. The average Bonchev–Trinajstić information content (AvgIpc) is 3.24. The van der Waals surface area contributed by atoms with Crippen molar-refractivity contribution in [3.8, 4) is 0 Å². The molecule has 1 N–H and O–H groups in total. The second kappa shape index (κ2) is 12.5. The van der Waals surface area contributed by atoms with E-state index in [2.05, 4.69) is 5.32 Å². The van der Waals surface area contributed by atoms with Crippen LogP contribution < -0.4 is 5.32 Å². The largest absolute Gasteiger partial charge is 0.459 e. The van der Waals surface area contributed by atoms with Gasteiger partial charge in [-0.3, -0.25) is 14.9 Å². The van der Waals surface area contributed by atoms with Gasteiger partial charge >= 0.3 is 12.1 Å². The lowest BCUT2D eigenvalue weighted by molar-refractivity contribution is -0.155. The van der Waals surface area contributed by atoms with Gasteiger partial charge in [-0.05, 0) is 80.1 Å². The van der Waals surface area contributed by atoms with Crippen molar-refractivity contribution < 1.29 is 32.3 Å². The third-order valence-electron chi connectivity index (χ3n) is 7.10. The van der Waals surface area contributed by atoms with Crippen molar-refractivity contribution in [1.29, 1.82) is 0 Å². The average molecular weight is 584 g/mol. The van der Waals surface area contributed by atoms with Gasteiger partial charge in [0.15, 0.2) is 0 Å². The van der Waals surface area contributed by atoms with Crippen molar-refractivity contribution in [3.05, 3.63) is 11.9 Å². The second-order valence-electron chi connectivity index (χ2n) is 12.8. The summed E-state index contributed by atoms with van der Waals surface area (Å²) in [6, 6.07) is -0.237. The van der Waals surface area contributed by atoms with Gasteiger partial charge in [0.1, 0.15) is 17.7 Å². The van der Waals surface area contributed by atoms with Gasteiger partial charge in [-0.25, -0.2) is 18.2 Å². The van der Waals surface area contributed by atoms with Crippen LogP contribution in [0.4, 0.5) is 10.7 Å². The molecule has 0 unspecified atom stereocenters. The Kier molecular flexibility index (Phi) is 9.92. The Morgan fingerprint density at radius 2 is 1.60 bits per heavy atom. The van der Waals surface area contributed by atoms with Crippen molar-refractivity contribution in [2.24, 2.45) is 0 Å². The first-order chi connectivity index (χ1) is 18.5. The summed E-state index contributed by atoms with van der Waals surface area (Å²) in [7, 11) is -3.62. The Morgan fingerprint density at radius 1 is 1.02 bits per heavy atom. The Morgan fingerprint density at radius 3 is 2.10 bits per heavy atom. The van der Waals surface area contributed by atoms with Crippen molar-refractivity contribution in [2.75, 3.05) is 31.2 Å². The zero-order valence-electron chi connectivity index (χ0n) is 24.8. The lowest BCUT2D eigenvalue weighted by Gasteiger charge is -2.35. The zero-order valence-corrected chi connectivity index (χ0v) is 25.6. The van der Waals surface area contributed by atoms with Crippen LogP contribution in [0.2, 0.25) is 0 Å². The molecule has 2 amide bonds. The lowest BCUT2D eigenvalue weighted by atomic mass is 9.84. The van der Waals surface area contributed by atoms with Crippen molar-refractivity contribution in [1.82, 2.24) is 18.8 Å². The van der Waals surface area contributed by atoms with Crippen LogP contribution in [0.25, 0.3) is 0 Å². The van der Waals surface area contributed by atoms with Gasteiger partial charge in [-0.1, -0.05) is 0 Å². The molecule has 13 heteroatoms. The fraction of sp³-hybridized carbons (Fsp3) is 0.778. The molecule has 1 aromatic heterocycles. The highest BCUT2D eigenvalue weighted by molar-refractivity contribution is 7.88. The summed E-state index contributed by atoms with van der Waals surface area (Å²) < 4.78 is 39.2. The maximum atomic E-state index is 12.5. The molecule has 40 heavy (non-hydrogen) atoms. The van der Waals surface area contributed by atoms with Crippen LogP contribution in [0, 0.1) is 0 Å². The molecular formula is C27H45N5O7S. The first kappa shape index (κ1) is 31.9. The molecule has 1 aliphatic heterocycles. The lowest BCUT2D eigenvalue weighted by Crippen LogP contribution is -2.45. The number of sulfonamides is 1. The van der Waals surface area contributed by atoms with Crippen LogP contribution in [0.5, 0.6) is 0 Å². The van der Waals surface area contributed by atoms with Crippen molar-refractivity contribution in [3.63, 3.8) is 0 Å². The number of rotatable bonds is 8. The predicted molar refractivity (Wildman–Crippen MR) is 150 cm³/mol. The summed E-state index contributed by atoms with van der Waals surface area (Å²) in [5.41, 5.74) is -0.409. The normalized spacial score (nSPS) is 21.2. The van der Waals surface area contributed by atoms with Crippen LogP contribution in [0.15, 0.2) is 6.20 Å². The summed E-state index contributed by atoms with van der Waals surface area (Å²) in [5.74, 6) is -0.0129. The van der Waals surface area contributed by atoms with Gasteiger partial charge in [-0.15, -0.1) is 0 Å². The van der Waals surface area contributed by atoms with Crippen LogP contribution in [-0.2, 0) is 29.1 Å². The molecule has 3 rings (SSSR count). The Balaban J connectivity index is 1.66. The predicted octanol–water partition coefficient (Wildman–Crippen LogP) is 3.65. The number of anilines is 1. The van der Waals surface area contributed by atoms with E-state index in [1.165, 1.54) is 4.31 Å². The molecule has 1 aliphatic carbocycles. The SMILES string of the molecule is CC(C)(C)OC(=O)CN([C@H]1CC[C@H](c2cn(C3CCN(C(=O)OC(C)(C)C)CC3)c(NC=O)n2)CC1)S(C)(=O)=O. The van der Waals surface area contributed by atoms with Gasteiger partial charge in [0.05, 0.1) is 11.9 Å². The van der Waals surface area contributed by atoms with E-state index in [0.717, 1.165) is 11.9 Å². The highest BCUT2D eigenvalue weighted by Gasteiger charge is 2.35. The number of likely N-dealkylation sites (tertiary alicyclic amines) is 1. The minimum Gasteiger partial charge on any atom is -0.459 e. The van der Waals surface area contributed by atoms with E-state index >= 15 is 0 Å². The van der Waals surface area contributed by atoms with Crippen LogP contribution >= 0.6 is 0 Å². The number of esters is 1. The van der Waals surface area contributed by atoms with Crippen molar-refractivity contribution in [2.45, 2.75) is 109 Å². The minimum absolute atomic E-state index is 0.0632. The molecule has 2 heterocycles. The van der Waals surface area contributed by atoms with Crippen LogP contribution in [0.1, 0.15) is 97.7 Å². The van der Waals surface area contributed by atoms with Crippen molar-refractivity contribution >= 4 is 34.4 Å². The van der Waals surface area contributed by atoms with Gasteiger partial charge in [0, 0.05) is 37.3 Å². The Bertz CT molecular complexity index is 1150. The summed E-state index contributed by atoms with van der Waals surface area (Å²) >= 11 is 0. The monoisotopic (exact) mass is 583 g/mol. The van der Waals surface area contributed by atoms with E-state index in [9.17, 15) is 22.8 Å². The van der Waals surface area contributed by atoms with Gasteiger partial charge in [0.25, 0.3) is 0 Å². The van der Waals surface area contributed by atoms with Gasteiger partial charge in [-0.2, -0.15) is 4.31 Å². The molecule has 0 bridgehead atoms. The molecule has 1 saturated heterocycles. The first-order valence-corrected chi connectivity index (χ1v) is 15.8. The van der Waals surface area contributed by atoms with E-state index in [1.807, 2.05) is 31.5 Å². The highest BCUT2D eigenvalue weighted by atomic mass is 32.2. The zero-order chi connectivity index (χ0) is 29.9. The molecule has 1 saturated carbocycles. The van der Waals surface area contributed by atoms with Gasteiger partial charge < -0.3 is 18.9 Å². The highest BCUT2D eigenvalue weighted by Crippen LogP contribution is 2.37. The minimum atomic E-state index is -3.62. The number of carbonyl (C=O) groups is 3. The molecule has 2 aliphatic rings. The Hall–Kier alpha value is -2.67. The molecule has 226 valence electrons. The third-order valence-corrected chi connectivity index (χ3v) is 8.38. The number of piperidine rings is 1. The first-order valence-electron chi connectivity index (χ1n) is 13.9. The maximum Gasteiger partial charge on any atom is 0.410 e. The molecule has 2 fully saturated rings. The fourth-order valence-corrected chi connectivity index (χ4v) is 6.47. The van der Waals surface area contributed by atoms with E-state index in [0.29, 0.717) is 64.0 Å². The number of aromatic nitrogens is 2. The fourth-order valence-electron chi connectivity index (χ4n) is 5.38. The topological polar surface area (TPSA) is 140 Å². The smallest absolute Gasteiger partial charge is 0.410 e. The number of nitrogens with one attached hydrogen (secondary N) is 1. The van der Waals surface area contributed by atoms with E-state index in [1.54, 1.807) is 25.7 Å². The molecule has 0 spiro atoms. The number of carbonyl (C=O) groups excluding carboxylic acids is 3. The summed E-state index contributed by atoms with van der Waals surface area (Å²) in [6.07, 6.45) is 7.32. The second-order valence-corrected chi connectivity index (χ2v) is 14.7. The number of imidazole rings is 1. The molecular weight excluding hydrogens is 538 g/mol. The van der Waals surface area contributed by atoms with E-state index < -0.39 is 27.2 Å². The summed E-state index contributed by atoms with van der Waals surface area (Å²) in [6.45, 7) is 11.5. The number of ether oxygens (including phenoxy) is 2. The van der Waals surface area contributed by atoms with E-state index in [4.69, 9.17) is 14.5 Å². The van der Waals surface area contributed by atoms with E-state index in [-0.39, 0.29) is 30.6 Å². The molecule has 0 radical (unpaired) electrons. The van der Waals surface area contributed by atoms with Gasteiger partial charge in [0.2, 0.25) is 22.4 Å². The molecule has 12 nitrogen and oxygen atoms in total. The number of hydrogen-bond acceptors (Lipinski definition) is 8. The number of amides is 2. The molecule has 0 aromatic carbocycles. The summed E-state index contributed by atoms with van der Waals surface area (Å²) in [5, 5.41) is 2.71. The van der Waals surface area contributed by atoms with Crippen LogP contribution in [0.3, 0.4) is 0 Å². The number of hydrogen-bond donors (Lipinski definition) is 1. The third kappa shape index (κ3) is 8.92. The molecule has 1 aromatic rings. The maximum absolute atomic E-state index is 12.5. The van der Waals surface area contributed by atoms with Crippen LogP contribution in [-0.4, -0.2) is 88.8 Å². The molecule has 0 atom stereocenters. The Labute approximate surface area is 237 Å². The summed E-state index contributed by atoms with van der Waals surface area (Å²) in [4.78, 5) is 42.6.